The Labute approximate surface area is 123 Å². The molecule has 0 atom stereocenters. The van der Waals surface area contributed by atoms with Gasteiger partial charge < -0.3 is 5.32 Å². The van der Waals surface area contributed by atoms with Crippen LogP contribution in [0, 0.1) is 0 Å². The van der Waals surface area contributed by atoms with Crippen LogP contribution in [0.15, 0.2) is 40.1 Å². The number of hydrogen-bond donors (Lipinski definition) is 2. The van der Waals surface area contributed by atoms with Gasteiger partial charge in [0.25, 0.3) is 0 Å². The van der Waals surface area contributed by atoms with Crippen molar-refractivity contribution in [3.63, 3.8) is 0 Å². The summed E-state index contributed by atoms with van der Waals surface area (Å²) in [6.45, 7) is 3.14. The highest BCUT2D eigenvalue weighted by Gasteiger charge is 2.13. The van der Waals surface area contributed by atoms with Crippen molar-refractivity contribution >= 4 is 27.0 Å². The largest absolute Gasteiger partial charge is 0.385 e. The maximum Gasteiger partial charge on any atom is 0.240 e. The molecule has 2 rings (SSSR count). The van der Waals surface area contributed by atoms with Crippen LogP contribution >= 0.6 is 11.3 Å². The maximum atomic E-state index is 12.1. The van der Waals surface area contributed by atoms with Crippen molar-refractivity contribution in [3.05, 3.63) is 40.8 Å². The molecule has 0 saturated heterocycles. The summed E-state index contributed by atoms with van der Waals surface area (Å²) in [6.07, 6.45) is 0.595. The smallest absolute Gasteiger partial charge is 0.240 e. The van der Waals surface area contributed by atoms with Crippen LogP contribution in [0.5, 0.6) is 0 Å². The van der Waals surface area contributed by atoms with E-state index in [0.717, 1.165) is 17.9 Å². The topological polar surface area (TPSA) is 71.1 Å². The molecule has 2 aromatic rings. The molecule has 0 bridgehead atoms. The van der Waals surface area contributed by atoms with Gasteiger partial charge in [-0.1, -0.05) is 0 Å². The number of aromatic nitrogens is 1. The Kier molecular flexibility index (Phi) is 5.11. The fourth-order valence-corrected chi connectivity index (χ4v) is 3.34. The van der Waals surface area contributed by atoms with Gasteiger partial charge in [-0.25, -0.2) is 18.1 Å². The van der Waals surface area contributed by atoms with E-state index < -0.39 is 10.0 Å². The molecule has 0 aliphatic rings. The molecule has 0 spiro atoms. The van der Waals surface area contributed by atoms with Crippen LogP contribution in [-0.2, 0) is 16.4 Å². The number of benzene rings is 1. The van der Waals surface area contributed by atoms with E-state index in [0.29, 0.717) is 13.0 Å². The number of thiazole rings is 1. The molecule has 0 saturated carbocycles. The van der Waals surface area contributed by atoms with Gasteiger partial charge in [-0.2, -0.15) is 0 Å². The van der Waals surface area contributed by atoms with E-state index in [2.05, 4.69) is 15.0 Å². The normalized spacial score (nSPS) is 11.4. The minimum atomic E-state index is -3.45. The molecule has 7 heteroatoms. The second-order valence-electron chi connectivity index (χ2n) is 4.18. The number of rotatable bonds is 7. The molecule has 2 N–H and O–H groups in total. The fraction of sp³-hybridized carbons (Fsp3) is 0.308. The van der Waals surface area contributed by atoms with Crippen molar-refractivity contribution in [2.24, 2.45) is 0 Å². The maximum absolute atomic E-state index is 12.1. The molecule has 20 heavy (non-hydrogen) atoms. The second kappa shape index (κ2) is 6.83. The molecule has 1 aromatic heterocycles. The van der Waals surface area contributed by atoms with Crippen LogP contribution in [0.3, 0.4) is 0 Å². The summed E-state index contributed by atoms with van der Waals surface area (Å²) in [6, 6.07) is 6.73. The summed E-state index contributed by atoms with van der Waals surface area (Å²) >= 11 is 1.50. The molecule has 0 aliphatic carbocycles. The van der Waals surface area contributed by atoms with E-state index in [1.165, 1.54) is 11.3 Å². The summed E-state index contributed by atoms with van der Waals surface area (Å²) in [5.41, 5.74) is 3.55. The van der Waals surface area contributed by atoms with Crippen molar-refractivity contribution in [1.82, 2.24) is 9.71 Å². The minimum absolute atomic E-state index is 0.275. The Morgan fingerprint density at radius 3 is 2.60 bits per heavy atom. The first kappa shape index (κ1) is 15.0. The molecule has 5 nitrogen and oxygen atoms in total. The zero-order chi connectivity index (χ0) is 14.4. The van der Waals surface area contributed by atoms with Crippen molar-refractivity contribution in [1.29, 1.82) is 0 Å². The van der Waals surface area contributed by atoms with Crippen molar-refractivity contribution in [2.75, 3.05) is 18.4 Å². The van der Waals surface area contributed by atoms with Gasteiger partial charge in [0, 0.05) is 30.6 Å². The van der Waals surface area contributed by atoms with Crippen LogP contribution in [0.2, 0.25) is 0 Å². The monoisotopic (exact) mass is 311 g/mol. The van der Waals surface area contributed by atoms with Crippen molar-refractivity contribution < 1.29 is 8.42 Å². The third-order valence-corrected chi connectivity index (χ3v) is 4.81. The van der Waals surface area contributed by atoms with Gasteiger partial charge in [-0.05, 0) is 31.2 Å². The lowest BCUT2D eigenvalue weighted by molar-refractivity contribution is 0.581. The lowest BCUT2D eigenvalue weighted by Gasteiger charge is -2.07. The van der Waals surface area contributed by atoms with Gasteiger partial charge in [0.2, 0.25) is 10.0 Å². The fourth-order valence-electron chi connectivity index (χ4n) is 1.71. The van der Waals surface area contributed by atoms with Crippen molar-refractivity contribution in [2.45, 2.75) is 18.2 Å². The summed E-state index contributed by atoms with van der Waals surface area (Å²) in [5, 5.41) is 5.04. The summed E-state index contributed by atoms with van der Waals surface area (Å²) in [5.74, 6) is 0. The van der Waals surface area contributed by atoms with E-state index >= 15 is 0 Å². The summed E-state index contributed by atoms with van der Waals surface area (Å²) in [4.78, 5) is 4.39. The van der Waals surface area contributed by atoms with E-state index in [4.69, 9.17) is 0 Å². The lowest BCUT2D eigenvalue weighted by Crippen LogP contribution is -2.26. The van der Waals surface area contributed by atoms with Gasteiger partial charge in [-0.15, -0.1) is 11.3 Å². The molecule has 0 amide bonds. The predicted molar refractivity (Wildman–Crippen MR) is 81.6 cm³/mol. The quantitative estimate of drug-likeness (QED) is 0.821. The zero-order valence-corrected chi connectivity index (χ0v) is 12.8. The molecule has 0 unspecified atom stereocenters. The average Bonchev–Trinajstić information content (AvgIpc) is 2.93. The lowest BCUT2D eigenvalue weighted by atomic mass is 10.3. The molecule has 0 radical (unpaired) electrons. The third kappa shape index (κ3) is 4.03. The first-order chi connectivity index (χ1) is 9.62. The molecule has 0 fully saturated rings. The number of nitrogens with zero attached hydrogens (tertiary/aromatic N) is 1. The Balaban J connectivity index is 1.95. The average molecular weight is 311 g/mol. The highest BCUT2D eigenvalue weighted by molar-refractivity contribution is 7.89. The first-order valence-corrected chi connectivity index (χ1v) is 8.75. The Bertz CT molecular complexity index is 622. The highest BCUT2D eigenvalue weighted by Crippen LogP contribution is 2.13. The molecular formula is C13H17N3O2S2. The molecular weight excluding hydrogens is 294 g/mol. The van der Waals surface area contributed by atoms with Crippen LogP contribution in [-0.4, -0.2) is 26.5 Å². The van der Waals surface area contributed by atoms with E-state index in [1.807, 2.05) is 12.3 Å². The van der Waals surface area contributed by atoms with E-state index in [-0.39, 0.29) is 4.90 Å². The highest BCUT2D eigenvalue weighted by atomic mass is 32.2. The number of hydrogen-bond acceptors (Lipinski definition) is 5. The van der Waals surface area contributed by atoms with Crippen LogP contribution in [0.4, 0.5) is 5.69 Å². The summed E-state index contributed by atoms with van der Waals surface area (Å²) < 4.78 is 26.7. The van der Waals surface area contributed by atoms with Gasteiger partial charge in [0.1, 0.15) is 0 Å². The van der Waals surface area contributed by atoms with Gasteiger partial charge >= 0.3 is 0 Å². The van der Waals surface area contributed by atoms with Gasteiger partial charge in [0.15, 0.2) is 0 Å². The van der Waals surface area contributed by atoms with Crippen LogP contribution in [0.1, 0.15) is 12.6 Å². The predicted octanol–water partition coefficient (Wildman–Crippen LogP) is 2.10. The minimum Gasteiger partial charge on any atom is -0.385 e. The Morgan fingerprint density at radius 1 is 1.25 bits per heavy atom. The van der Waals surface area contributed by atoms with Crippen molar-refractivity contribution in [3.8, 4) is 0 Å². The SMILES string of the molecule is CCNc1ccc(S(=O)(=O)NCCc2cscn2)cc1. The van der Waals surface area contributed by atoms with E-state index in [9.17, 15) is 8.42 Å². The zero-order valence-electron chi connectivity index (χ0n) is 11.2. The van der Waals surface area contributed by atoms with Crippen LogP contribution in [0.25, 0.3) is 0 Å². The first-order valence-electron chi connectivity index (χ1n) is 6.32. The Hall–Kier alpha value is -1.44. The van der Waals surface area contributed by atoms with Gasteiger partial charge in [0.05, 0.1) is 16.1 Å². The molecule has 108 valence electrons. The van der Waals surface area contributed by atoms with Gasteiger partial charge in [-0.3, -0.25) is 0 Å². The van der Waals surface area contributed by atoms with Crippen LogP contribution < -0.4 is 10.0 Å². The Morgan fingerprint density at radius 2 is 2.00 bits per heavy atom. The molecule has 1 aromatic carbocycles. The standard InChI is InChI=1S/C13H17N3O2S2/c1-2-14-11-3-5-13(6-4-11)20(17,18)16-8-7-12-9-19-10-15-12/h3-6,9-10,14,16H,2,7-8H2,1H3. The summed E-state index contributed by atoms with van der Waals surface area (Å²) in [7, 11) is -3.45. The number of sulfonamides is 1. The second-order valence-corrected chi connectivity index (χ2v) is 6.67. The number of nitrogens with one attached hydrogen (secondary N) is 2. The molecule has 1 heterocycles. The van der Waals surface area contributed by atoms with E-state index in [1.54, 1.807) is 29.8 Å². The third-order valence-electron chi connectivity index (χ3n) is 2.70. The molecule has 0 aliphatic heterocycles. The number of anilines is 1.